The Balaban J connectivity index is 2.06. The smallest absolute Gasteiger partial charge is 0.312 e. The molecule has 3 rings (SSSR count). The molecule has 3 heteroatoms. The van der Waals surface area contributed by atoms with Crippen molar-refractivity contribution in [2.24, 2.45) is 0 Å². The summed E-state index contributed by atoms with van der Waals surface area (Å²) in [4.78, 5) is 16.5. The normalized spacial score (nSPS) is 14.8. The molecule has 1 aromatic heterocycles. The molecular weight excluding hydrogens is 200 g/mol. The molecule has 0 saturated heterocycles. The van der Waals surface area contributed by atoms with E-state index in [4.69, 9.17) is 0 Å². The summed E-state index contributed by atoms with van der Waals surface area (Å²) in [5.41, 5.74) is 4.73. The number of rotatable bonds is 1. The van der Waals surface area contributed by atoms with Crippen LogP contribution in [0.5, 0.6) is 0 Å². The Bertz CT molecular complexity index is 565. The number of H-pyrrole nitrogens is 2. The number of hydrogen-bond acceptors (Lipinski definition) is 1. The van der Waals surface area contributed by atoms with Crippen LogP contribution in [0.25, 0.3) is 11.3 Å². The molecule has 2 N–H and O–H groups in total. The van der Waals surface area contributed by atoms with E-state index in [0.29, 0.717) is 0 Å². The van der Waals surface area contributed by atoms with E-state index in [-0.39, 0.29) is 5.69 Å². The van der Waals surface area contributed by atoms with Crippen LogP contribution in [0.4, 0.5) is 0 Å². The summed E-state index contributed by atoms with van der Waals surface area (Å²) < 4.78 is 0. The molecule has 1 aliphatic carbocycles. The summed E-state index contributed by atoms with van der Waals surface area (Å²) in [6, 6.07) is 6.48. The fourth-order valence-corrected chi connectivity index (χ4v) is 2.39. The highest BCUT2D eigenvalue weighted by Gasteiger charge is 2.10. The minimum Gasteiger partial charge on any atom is -0.312 e. The van der Waals surface area contributed by atoms with E-state index in [1.807, 2.05) is 0 Å². The Morgan fingerprint density at radius 2 is 1.88 bits per heavy atom. The van der Waals surface area contributed by atoms with E-state index >= 15 is 0 Å². The number of hydrogen-bond donors (Lipinski definition) is 2. The molecule has 1 heterocycles. The van der Waals surface area contributed by atoms with Crippen molar-refractivity contribution >= 4 is 0 Å². The van der Waals surface area contributed by atoms with Crippen LogP contribution in [-0.2, 0) is 12.8 Å². The Morgan fingerprint density at radius 1 is 1.06 bits per heavy atom. The van der Waals surface area contributed by atoms with Gasteiger partial charge in [0.25, 0.3) is 0 Å². The number of aromatic amines is 2. The summed E-state index contributed by atoms with van der Waals surface area (Å²) in [6.45, 7) is 0. The van der Waals surface area contributed by atoms with Crippen LogP contribution in [0.3, 0.4) is 0 Å². The van der Waals surface area contributed by atoms with Crippen molar-refractivity contribution in [2.45, 2.75) is 25.7 Å². The average Bonchev–Trinajstić information content (AvgIpc) is 2.75. The van der Waals surface area contributed by atoms with Crippen LogP contribution in [0, 0.1) is 0 Å². The van der Waals surface area contributed by atoms with Gasteiger partial charge in [-0.25, -0.2) is 4.79 Å². The maximum Gasteiger partial charge on any atom is 0.323 e. The van der Waals surface area contributed by atoms with Crippen molar-refractivity contribution in [2.75, 3.05) is 0 Å². The van der Waals surface area contributed by atoms with Crippen LogP contribution < -0.4 is 5.69 Å². The third kappa shape index (κ3) is 1.58. The van der Waals surface area contributed by atoms with Crippen LogP contribution >= 0.6 is 0 Å². The molecule has 0 atom stereocenters. The molecule has 0 unspecified atom stereocenters. The molecule has 1 aromatic carbocycles. The third-order valence-corrected chi connectivity index (χ3v) is 3.26. The van der Waals surface area contributed by atoms with E-state index in [2.05, 4.69) is 28.2 Å². The van der Waals surface area contributed by atoms with E-state index in [9.17, 15) is 4.79 Å². The van der Waals surface area contributed by atoms with Crippen molar-refractivity contribution in [3.05, 3.63) is 46.0 Å². The maximum atomic E-state index is 11.0. The van der Waals surface area contributed by atoms with Gasteiger partial charge in [-0.3, -0.25) is 0 Å². The van der Waals surface area contributed by atoms with Gasteiger partial charge in [0.05, 0.1) is 5.69 Å². The number of fused-ring (bicyclic) bond motifs is 1. The molecule has 0 aliphatic heterocycles. The molecule has 82 valence electrons. The quantitative estimate of drug-likeness (QED) is 0.751. The van der Waals surface area contributed by atoms with Gasteiger partial charge < -0.3 is 9.97 Å². The van der Waals surface area contributed by atoms with Crippen molar-refractivity contribution in [1.82, 2.24) is 9.97 Å². The minimum absolute atomic E-state index is 0.146. The summed E-state index contributed by atoms with van der Waals surface area (Å²) >= 11 is 0. The molecular formula is C13H14N2O. The molecule has 0 amide bonds. The topological polar surface area (TPSA) is 48.6 Å². The summed E-state index contributed by atoms with van der Waals surface area (Å²) in [5.74, 6) is 0. The Labute approximate surface area is 93.5 Å². The van der Waals surface area contributed by atoms with E-state index < -0.39 is 0 Å². The van der Waals surface area contributed by atoms with Gasteiger partial charge in [0, 0.05) is 6.20 Å². The van der Waals surface area contributed by atoms with Crippen LogP contribution in [0.2, 0.25) is 0 Å². The molecule has 0 radical (unpaired) electrons. The first-order chi connectivity index (χ1) is 7.83. The monoisotopic (exact) mass is 214 g/mol. The second-order valence-corrected chi connectivity index (χ2v) is 4.35. The second kappa shape index (κ2) is 3.67. The molecule has 0 spiro atoms. The number of nitrogens with one attached hydrogen (secondary N) is 2. The molecule has 0 saturated carbocycles. The maximum absolute atomic E-state index is 11.0. The first-order valence-corrected chi connectivity index (χ1v) is 5.73. The van der Waals surface area contributed by atoms with Crippen LogP contribution in [-0.4, -0.2) is 9.97 Å². The molecule has 2 aromatic rings. The average molecular weight is 214 g/mol. The summed E-state index contributed by atoms with van der Waals surface area (Å²) in [6.07, 6.45) is 6.66. The summed E-state index contributed by atoms with van der Waals surface area (Å²) in [5, 5.41) is 0. The lowest BCUT2D eigenvalue weighted by Gasteiger charge is -2.16. The highest BCUT2D eigenvalue weighted by molar-refractivity contribution is 5.60. The van der Waals surface area contributed by atoms with Crippen molar-refractivity contribution in [3.8, 4) is 11.3 Å². The van der Waals surface area contributed by atoms with E-state index in [0.717, 1.165) is 17.7 Å². The lowest BCUT2D eigenvalue weighted by Crippen LogP contribution is -2.03. The predicted molar refractivity (Wildman–Crippen MR) is 63.5 cm³/mol. The molecule has 1 aliphatic rings. The van der Waals surface area contributed by atoms with Crippen LogP contribution in [0.1, 0.15) is 24.0 Å². The van der Waals surface area contributed by atoms with Gasteiger partial charge in [-0.1, -0.05) is 12.1 Å². The largest absolute Gasteiger partial charge is 0.323 e. The standard InChI is InChI=1S/C13H14N2O/c16-13-14-8-12(15-13)11-6-5-9-3-1-2-4-10(9)7-11/h5-8H,1-4H2,(H2,14,15,16). The predicted octanol–water partition coefficient (Wildman–Crippen LogP) is 2.25. The number of aryl methyl sites for hydroxylation is 2. The highest BCUT2D eigenvalue weighted by Crippen LogP contribution is 2.25. The van der Waals surface area contributed by atoms with E-state index in [1.54, 1.807) is 6.20 Å². The Hall–Kier alpha value is -1.77. The van der Waals surface area contributed by atoms with Gasteiger partial charge in [-0.15, -0.1) is 0 Å². The van der Waals surface area contributed by atoms with Crippen LogP contribution in [0.15, 0.2) is 29.2 Å². The zero-order valence-electron chi connectivity index (χ0n) is 9.05. The Morgan fingerprint density at radius 3 is 2.62 bits per heavy atom. The van der Waals surface area contributed by atoms with Gasteiger partial charge in [0.2, 0.25) is 0 Å². The van der Waals surface area contributed by atoms with Crippen molar-refractivity contribution < 1.29 is 0 Å². The zero-order chi connectivity index (χ0) is 11.0. The van der Waals surface area contributed by atoms with E-state index in [1.165, 1.54) is 30.4 Å². The Kier molecular flexibility index (Phi) is 2.17. The lowest BCUT2D eigenvalue weighted by molar-refractivity contribution is 0.686. The van der Waals surface area contributed by atoms with Gasteiger partial charge in [-0.2, -0.15) is 0 Å². The van der Waals surface area contributed by atoms with Gasteiger partial charge in [-0.05, 0) is 48.4 Å². The highest BCUT2D eigenvalue weighted by atomic mass is 16.1. The van der Waals surface area contributed by atoms with Crippen molar-refractivity contribution in [1.29, 1.82) is 0 Å². The number of imidazole rings is 1. The molecule has 0 fully saturated rings. The molecule has 16 heavy (non-hydrogen) atoms. The van der Waals surface area contributed by atoms with Gasteiger partial charge >= 0.3 is 5.69 Å². The summed E-state index contributed by atoms with van der Waals surface area (Å²) in [7, 11) is 0. The fourth-order valence-electron chi connectivity index (χ4n) is 2.39. The van der Waals surface area contributed by atoms with Gasteiger partial charge in [0.1, 0.15) is 0 Å². The minimum atomic E-state index is -0.146. The second-order valence-electron chi connectivity index (χ2n) is 4.35. The molecule has 3 nitrogen and oxygen atoms in total. The lowest BCUT2D eigenvalue weighted by atomic mass is 9.90. The first-order valence-electron chi connectivity index (χ1n) is 5.73. The first kappa shape index (κ1) is 9.46. The van der Waals surface area contributed by atoms with Crippen molar-refractivity contribution in [3.63, 3.8) is 0 Å². The third-order valence-electron chi connectivity index (χ3n) is 3.26. The molecule has 0 bridgehead atoms. The zero-order valence-corrected chi connectivity index (χ0v) is 9.05. The number of benzene rings is 1. The fraction of sp³-hybridized carbons (Fsp3) is 0.308. The number of aromatic nitrogens is 2. The van der Waals surface area contributed by atoms with Gasteiger partial charge in [0.15, 0.2) is 0 Å². The SMILES string of the molecule is O=c1[nH]cc(-c2ccc3c(c2)CCCC3)[nH]1.